The van der Waals surface area contributed by atoms with Gasteiger partial charge >= 0.3 is 0 Å². The van der Waals surface area contributed by atoms with Crippen LogP contribution in [0.1, 0.15) is 32.6 Å². The highest BCUT2D eigenvalue weighted by Gasteiger charge is 2.21. The lowest BCUT2D eigenvalue weighted by Crippen LogP contribution is -2.50. The van der Waals surface area contributed by atoms with Crippen molar-refractivity contribution in [2.24, 2.45) is 0 Å². The van der Waals surface area contributed by atoms with Crippen LogP contribution in [0.4, 0.5) is 0 Å². The monoisotopic (exact) mass is 230 g/mol. The Hall–Kier alpha value is -0.220. The smallest absolute Gasteiger partial charge is 0.237 e. The molecule has 0 aromatic rings. The molecule has 1 heterocycles. The van der Waals surface area contributed by atoms with Crippen molar-refractivity contribution in [3.8, 4) is 0 Å². The van der Waals surface area contributed by atoms with Gasteiger partial charge in [0.1, 0.15) is 0 Å². The van der Waals surface area contributed by atoms with E-state index >= 15 is 0 Å². The Morgan fingerprint density at radius 3 is 2.93 bits per heavy atom. The summed E-state index contributed by atoms with van der Waals surface area (Å²) < 4.78 is 0. The molecule has 0 saturated carbocycles. The molecule has 1 saturated heterocycles. The highest BCUT2D eigenvalue weighted by molar-refractivity contribution is 7.98. The zero-order valence-corrected chi connectivity index (χ0v) is 10.5. The predicted molar refractivity (Wildman–Crippen MR) is 66.2 cm³/mol. The number of hydrogen-bond donors (Lipinski definition) is 2. The number of rotatable bonds is 5. The SMILES string of the molecule is CCC(CSC)NC(=O)[C@@H]1CCCCN1. The van der Waals surface area contributed by atoms with Crippen LogP contribution in [-0.2, 0) is 4.79 Å². The van der Waals surface area contributed by atoms with Gasteiger partial charge in [0.25, 0.3) is 0 Å². The Morgan fingerprint density at radius 2 is 2.40 bits per heavy atom. The van der Waals surface area contributed by atoms with Gasteiger partial charge in [0.15, 0.2) is 0 Å². The maximum absolute atomic E-state index is 11.9. The molecule has 2 atom stereocenters. The first-order valence-electron chi connectivity index (χ1n) is 5.80. The minimum absolute atomic E-state index is 0.0506. The first-order valence-corrected chi connectivity index (χ1v) is 7.20. The van der Waals surface area contributed by atoms with E-state index in [9.17, 15) is 4.79 Å². The minimum atomic E-state index is 0.0506. The summed E-state index contributed by atoms with van der Waals surface area (Å²) >= 11 is 1.79. The lowest BCUT2D eigenvalue weighted by Gasteiger charge is -2.25. The second-order valence-corrected chi connectivity index (χ2v) is 4.98. The molecule has 1 unspecified atom stereocenters. The van der Waals surface area contributed by atoms with Gasteiger partial charge in [-0.2, -0.15) is 11.8 Å². The van der Waals surface area contributed by atoms with Crippen LogP contribution in [0.2, 0.25) is 0 Å². The molecule has 0 radical (unpaired) electrons. The molecular weight excluding hydrogens is 208 g/mol. The topological polar surface area (TPSA) is 41.1 Å². The molecule has 88 valence electrons. The van der Waals surface area contributed by atoms with E-state index in [4.69, 9.17) is 0 Å². The molecule has 15 heavy (non-hydrogen) atoms. The Bertz CT molecular complexity index is 193. The summed E-state index contributed by atoms with van der Waals surface area (Å²) in [6.07, 6.45) is 6.45. The highest BCUT2D eigenvalue weighted by atomic mass is 32.2. The Labute approximate surface area is 96.8 Å². The van der Waals surface area contributed by atoms with Gasteiger partial charge < -0.3 is 10.6 Å². The van der Waals surface area contributed by atoms with Gasteiger partial charge in [0.05, 0.1) is 6.04 Å². The van der Waals surface area contributed by atoms with Crippen LogP contribution in [0.25, 0.3) is 0 Å². The maximum atomic E-state index is 11.9. The summed E-state index contributed by atoms with van der Waals surface area (Å²) in [7, 11) is 0. The minimum Gasteiger partial charge on any atom is -0.351 e. The lowest BCUT2D eigenvalue weighted by molar-refractivity contribution is -0.124. The van der Waals surface area contributed by atoms with Gasteiger partial charge in [0, 0.05) is 11.8 Å². The molecule has 0 bridgehead atoms. The van der Waals surface area contributed by atoms with Crippen LogP contribution in [0.5, 0.6) is 0 Å². The van der Waals surface area contributed by atoms with E-state index in [1.165, 1.54) is 12.8 Å². The van der Waals surface area contributed by atoms with Crippen LogP contribution >= 0.6 is 11.8 Å². The first kappa shape index (κ1) is 12.8. The van der Waals surface area contributed by atoms with Crippen molar-refractivity contribution in [2.45, 2.75) is 44.7 Å². The van der Waals surface area contributed by atoms with E-state index in [1.807, 2.05) is 0 Å². The third-order valence-electron chi connectivity index (χ3n) is 2.83. The third kappa shape index (κ3) is 4.43. The van der Waals surface area contributed by atoms with Crippen molar-refractivity contribution >= 4 is 17.7 Å². The van der Waals surface area contributed by atoms with Crippen LogP contribution in [0.15, 0.2) is 0 Å². The van der Waals surface area contributed by atoms with Crippen molar-refractivity contribution in [3.63, 3.8) is 0 Å². The summed E-state index contributed by atoms with van der Waals surface area (Å²) in [5.41, 5.74) is 0. The molecule has 4 heteroatoms. The largest absolute Gasteiger partial charge is 0.351 e. The molecule has 1 aliphatic heterocycles. The van der Waals surface area contributed by atoms with Gasteiger partial charge in [-0.1, -0.05) is 13.3 Å². The van der Waals surface area contributed by atoms with Crippen molar-refractivity contribution < 1.29 is 4.79 Å². The normalized spacial score (nSPS) is 23.5. The molecular formula is C11H22N2OS. The van der Waals surface area contributed by atoms with Crippen molar-refractivity contribution in [3.05, 3.63) is 0 Å². The zero-order valence-electron chi connectivity index (χ0n) is 9.71. The predicted octanol–water partition coefficient (Wildman–Crippen LogP) is 1.39. The fraction of sp³-hybridized carbons (Fsp3) is 0.909. The highest BCUT2D eigenvalue weighted by Crippen LogP contribution is 2.08. The summed E-state index contributed by atoms with van der Waals surface area (Å²) in [6, 6.07) is 0.380. The van der Waals surface area contributed by atoms with Gasteiger partial charge in [-0.15, -0.1) is 0 Å². The molecule has 3 nitrogen and oxygen atoms in total. The van der Waals surface area contributed by atoms with Crippen LogP contribution in [0.3, 0.4) is 0 Å². The average molecular weight is 230 g/mol. The summed E-state index contributed by atoms with van der Waals surface area (Å²) in [4.78, 5) is 11.9. The number of hydrogen-bond acceptors (Lipinski definition) is 3. The van der Waals surface area contributed by atoms with Crippen molar-refractivity contribution in [2.75, 3.05) is 18.6 Å². The number of thioether (sulfide) groups is 1. The molecule has 0 spiro atoms. The maximum Gasteiger partial charge on any atom is 0.237 e. The second-order valence-electron chi connectivity index (χ2n) is 4.07. The summed E-state index contributed by atoms with van der Waals surface area (Å²) in [5.74, 6) is 1.20. The quantitative estimate of drug-likeness (QED) is 0.750. The molecule has 0 aromatic heterocycles. The van der Waals surface area contributed by atoms with Gasteiger partial charge in [-0.05, 0) is 32.1 Å². The molecule has 0 aromatic carbocycles. The van der Waals surface area contributed by atoms with Gasteiger partial charge in [-0.3, -0.25) is 4.79 Å². The summed E-state index contributed by atoms with van der Waals surface area (Å²) in [6.45, 7) is 3.10. The third-order valence-corrected chi connectivity index (χ3v) is 3.57. The van der Waals surface area contributed by atoms with Crippen LogP contribution < -0.4 is 10.6 Å². The zero-order chi connectivity index (χ0) is 11.1. The number of piperidine rings is 1. The first-order chi connectivity index (χ1) is 7.27. The average Bonchev–Trinajstić information content (AvgIpc) is 2.29. The fourth-order valence-electron chi connectivity index (χ4n) is 1.84. The van der Waals surface area contributed by atoms with Gasteiger partial charge in [-0.25, -0.2) is 0 Å². The fourth-order valence-corrected chi connectivity index (χ4v) is 2.56. The van der Waals surface area contributed by atoms with E-state index in [0.717, 1.165) is 25.1 Å². The molecule has 2 N–H and O–H groups in total. The Morgan fingerprint density at radius 1 is 1.60 bits per heavy atom. The lowest BCUT2D eigenvalue weighted by atomic mass is 10.0. The number of nitrogens with one attached hydrogen (secondary N) is 2. The van der Waals surface area contributed by atoms with E-state index in [2.05, 4.69) is 23.8 Å². The van der Waals surface area contributed by atoms with Crippen molar-refractivity contribution in [1.82, 2.24) is 10.6 Å². The molecule has 1 amide bonds. The van der Waals surface area contributed by atoms with E-state index < -0.39 is 0 Å². The number of carbonyl (C=O) groups is 1. The van der Waals surface area contributed by atoms with E-state index in [1.54, 1.807) is 11.8 Å². The van der Waals surface area contributed by atoms with E-state index in [-0.39, 0.29) is 11.9 Å². The standard InChI is InChI=1S/C11H22N2OS/c1-3-9(8-15-2)13-11(14)10-6-4-5-7-12-10/h9-10,12H,3-8H2,1-2H3,(H,13,14)/t9?,10-/m0/s1. The van der Waals surface area contributed by atoms with Crippen LogP contribution in [0, 0.1) is 0 Å². The Balaban J connectivity index is 2.31. The Kier molecular flexibility index (Phi) is 6.10. The molecule has 1 aliphatic rings. The number of carbonyl (C=O) groups excluding carboxylic acids is 1. The molecule has 0 aliphatic carbocycles. The van der Waals surface area contributed by atoms with Crippen LogP contribution in [-0.4, -0.2) is 36.5 Å². The van der Waals surface area contributed by atoms with Gasteiger partial charge in [0.2, 0.25) is 5.91 Å². The summed E-state index contributed by atoms with van der Waals surface area (Å²) in [5, 5.41) is 6.39. The number of amides is 1. The second kappa shape index (κ2) is 7.12. The molecule has 1 fully saturated rings. The van der Waals surface area contributed by atoms with Crippen molar-refractivity contribution in [1.29, 1.82) is 0 Å². The van der Waals surface area contributed by atoms with E-state index in [0.29, 0.717) is 6.04 Å². The molecule has 1 rings (SSSR count).